The van der Waals surface area contributed by atoms with E-state index in [-0.39, 0.29) is 24.4 Å². The Morgan fingerprint density at radius 2 is 2.22 bits per heavy atom. The summed E-state index contributed by atoms with van der Waals surface area (Å²) in [7, 11) is 0. The zero-order chi connectivity index (χ0) is 16.1. The van der Waals surface area contributed by atoms with Gasteiger partial charge in [0.1, 0.15) is 0 Å². The van der Waals surface area contributed by atoms with Crippen molar-refractivity contribution in [1.29, 1.82) is 0 Å². The number of nitrogens with two attached hydrogens (primary N) is 1. The fourth-order valence-corrected chi connectivity index (χ4v) is 3.13. The van der Waals surface area contributed by atoms with E-state index >= 15 is 0 Å². The number of nitrogens with zero attached hydrogens (tertiary/aromatic N) is 1. The number of likely N-dealkylation sites (tertiary alicyclic amines) is 1. The Hall–Kier alpha value is -0.520. The maximum atomic E-state index is 12.1. The number of halogens is 3. The Bertz CT molecular complexity index is 525. The molecule has 1 aliphatic rings. The van der Waals surface area contributed by atoms with Crippen molar-refractivity contribution in [1.82, 2.24) is 4.90 Å². The molecule has 1 heterocycles. The summed E-state index contributed by atoms with van der Waals surface area (Å²) in [4.78, 5) is 14.4. The lowest BCUT2D eigenvalue weighted by molar-refractivity contribution is -0.116. The van der Waals surface area contributed by atoms with Gasteiger partial charge in [-0.2, -0.15) is 0 Å². The zero-order valence-electron chi connectivity index (χ0n) is 13.2. The van der Waals surface area contributed by atoms with Gasteiger partial charge in [-0.1, -0.05) is 23.2 Å². The Morgan fingerprint density at radius 3 is 2.91 bits per heavy atom. The van der Waals surface area contributed by atoms with Gasteiger partial charge in [0.25, 0.3) is 0 Å². The van der Waals surface area contributed by atoms with Gasteiger partial charge < -0.3 is 16.0 Å². The summed E-state index contributed by atoms with van der Waals surface area (Å²) >= 11 is 12.0. The number of hydrogen-bond donors (Lipinski definition) is 2. The van der Waals surface area contributed by atoms with Crippen molar-refractivity contribution in [2.75, 3.05) is 25.0 Å². The molecule has 0 aliphatic carbocycles. The van der Waals surface area contributed by atoms with Crippen molar-refractivity contribution in [3.8, 4) is 0 Å². The molecular weight excluding hydrogens is 357 g/mol. The molecular formula is C16H24Cl3N3O. The average molecular weight is 381 g/mol. The summed E-state index contributed by atoms with van der Waals surface area (Å²) in [6, 6.07) is 5.25. The van der Waals surface area contributed by atoms with E-state index in [1.165, 1.54) is 6.42 Å². The highest BCUT2D eigenvalue weighted by Crippen LogP contribution is 2.25. The molecule has 0 aromatic heterocycles. The molecule has 23 heavy (non-hydrogen) atoms. The normalized spacial score (nSPS) is 19.7. The summed E-state index contributed by atoms with van der Waals surface area (Å²) < 4.78 is 0. The van der Waals surface area contributed by atoms with Gasteiger partial charge in [0.2, 0.25) is 5.91 Å². The monoisotopic (exact) mass is 379 g/mol. The molecule has 3 N–H and O–H groups in total. The third kappa shape index (κ3) is 6.48. The molecule has 1 aromatic carbocycles. The van der Waals surface area contributed by atoms with Gasteiger partial charge >= 0.3 is 0 Å². The molecule has 0 spiro atoms. The van der Waals surface area contributed by atoms with Gasteiger partial charge in [-0.05, 0) is 50.4 Å². The molecule has 4 nitrogen and oxygen atoms in total. The number of carbonyl (C=O) groups excluding carboxylic acids is 1. The number of piperidine rings is 1. The molecule has 2 unspecified atom stereocenters. The Kier molecular flexibility index (Phi) is 8.65. The summed E-state index contributed by atoms with van der Waals surface area (Å²) in [5, 5.41) is 3.86. The number of carbonyl (C=O) groups is 1. The fraction of sp³-hybridized carbons (Fsp3) is 0.562. The molecule has 1 aliphatic heterocycles. The minimum absolute atomic E-state index is 0. The second kappa shape index (κ2) is 9.70. The van der Waals surface area contributed by atoms with Crippen LogP contribution >= 0.6 is 35.6 Å². The predicted octanol–water partition coefficient (Wildman–Crippen LogP) is 3.80. The quantitative estimate of drug-likeness (QED) is 0.816. The van der Waals surface area contributed by atoms with Crippen LogP contribution in [-0.4, -0.2) is 36.5 Å². The lowest BCUT2D eigenvalue weighted by atomic mass is 9.92. The van der Waals surface area contributed by atoms with E-state index in [4.69, 9.17) is 28.9 Å². The molecule has 1 amide bonds. The molecule has 2 rings (SSSR count). The first kappa shape index (κ1) is 20.5. The van der Waals surface area contributed by atoms with Gasteiger partial charge in [0.05, 0.1) is 10.7 Å². The summed E-state index contributed by atoms with van der Waals surface area (Å²) in [5.41, 5.74) is 6.55. The van der Waals surface area contributed by atoms with Crippen molar-refractivity contribution >= 4 is 47.2 Å². The number of nitrogens with one attached hydrogen (secondary N) is 1. The average Bonchev–Trinajstić information content (AvgIpc) is 2.49. The molecule has 0 bridgehead atoms. The van der Waals surface area contributed by atoms with E-state index in [9.17, 15) is 4.79 Å². The van der Waals surface area contributed by atoms with Crippen LogP contribution in [0.3, 0.4) is 0 Å². The summed E-state index contributed by atoms with van der Waals surface area (Å²) in [6.07, 6.45) is 2.76. The highest BCUT2D eigenvalue weighted by atomic mass is 35.5. The molecule has 7 heteroatoms. The summed E-state index contributed by atoms with van der Waals surface area (Å²) in [5.74, 6) is 0.478. The largest absolute Gasteiger partial charge is 0.328 e. The highest BCUT2D eigenvalue weighted by molar-refractivity contribution is 6.35. The van der Waals surface area contributed by atoms with Crippen LogP contribution < -0.4 is 11.1 Å². The van der Waals surface area contributed by atoms with Crippen LogP contribution in [0.1, 0.15) is 26.2 Å². The van der Waals surface area contributed by atoms with Gasteiger partial charge in [-0.25, -0.2) is 0 Å². The van der Waals surface area contributed by atoms with E-state index in [0.717, 1.165) is 26.1 Å². The van der Waals surface area contributed by atoms with Crippen LogP contribution in [0.4, 0.5) is 5.69 Å². The number of rotatable bonds is 5. The minimum atomic E-state index is -0.0490. The first-order chi connectivity index (χ1) is 10.5. The molecule has 2 atom stereocenters. The van der Waals surface area contributed by atoms with Crippen molar-refractivity contribution in [3.63, 3.8) is 0 Å². The van der Waals surface area contributed by atoms with Crippen LogP contribution in [-0.2, 0) is 4.79 Å². The lowest BCUT2D eigenvalue weighted by Crippen LogP contribution is -2.43. The van der Waals surface area contributed by atoms with Crippen molar-refractivity contribution in [2.24, 2.45) is 11.7 Å². The van der Waals surface area contributed by atoms with E-state index in [1.54, 1.807) is 18.2 Å². The SMILES string of the molecule is CC(N)C1CCCN(CCC(=O)Nc2cc(Cl)ccc2Cl)C1.Cl. The van der Waals surface area contributed by atoms with E-state index in [2.05, 4.69) is 17.1 Å². The number of benzene rings is 1. The molecule has 1 saturated heterocycles. The Labute approximate surface area is 154 Å². The molecule has 1 aromatic rings. The summed E-state index contributed by atoms with van der Waals surface area (Å²) in [6.45, 7) is 4.81. The molecule has 0 saturated carbocycles. The highest BCUT2D eigenvalue weighted by Gasteiger charge is 2.22. The second-order valence-electron chi connectivity index (χ2n) is 5.98. The van der Waals surface area contributed by atoms with E-state index in [1.807, 2.05) is 0 Å². The van der Waals surface area contributed by atoms with Gasteiger partial charge in [-0.15, -0.1) is 12.4 Å². The van der Waals surface area contributed by atoms with E-state index < -0.39 is 0 Å². The van der Waals surface area contributed by atoms with Crippen LogP contribution in [0.2, 0.25) is 10.0 Å². The second-order valence-corrected chi connectivity index (χ2v) is 6.83. The lowest BCUT2D eigenvalue weighted by Gasteiger charge is -2.34. The van der Waals surface area contributed by atoms with Gasteiger partial charge in [0.15, 0.2) is 0 Å². The zero-order valence-corrected chi connectivity index (χ0v) is 15.6. The van der Waals surface area contributed by atoms with Gasteiger partial charge in [-0.3, -0.25) is 4.79 Å². The Morgan fingerprint density at radius 1 is 1.48 bits per heavy atom. The third-order valence-corrected chi connectivity index (χ3v) is 4.71. The standard InChI is InChI=1S/C16H23Cl2N3O.ClH/c1-11(19)12-3-2-7-21(10-12)8-6-16(22)20-15-9-13(17)4-5-14(15)18;/h4-5,9,11-12H,2-3,6-8,10,19H2,1H3,(H,20,22);1H. The number of hydrogen-bond acceptors (Lipinski definition) is 3. The Balaban J connectivity index is 0.00000264. The van der Waals surface area contributed by atoms with Gasteiger partial charge in [0, 0.05) is 30.6 Å². The maximum Gasteiger partial charge on any atom is 0.225 e. The van der Waals surface area contributed by atoms with E-state index in [0.29, 0.717) is 28.1 Å². The smallest absolute Gasteiger partial charge is 0.225 e. The fourth-order valence-electron chi connectivity index (χ4n) is 2.79. The first-order valence-corrected chi connectivity index (χ1v) is 8.44. The predicted molar refractivity (Wildman–Crippen MR) is 99.8 cm³/mol. The molecule has 0 radical (unpaired) electrons. The van der Waals surface area contributed by atoms with Crippen molar-refractivity contribution in [2.45, 2.75) is 32.2 Å². The van der Waals surface area contributed by atoms with Crippen molar-refractivity contribution in [3.05, 3.63) is 28.2 Å². The van der Waals surface area contributed by atoms with Crippen LogP contribution in [0, 0.1) is 5.92 Å². The first-order valence-electron chi connectivity index (χ1n) is 7.68. The number of anilines is 1. The molecule has 1 fully saturated rings. The van der Waals surface area contributed by atoms with Crippen LogP contribution in [0.25, 0.3) is 0 Å². The molecule has 130 valence electrons. The van der Waals surface area contributed by atoms with Crippen LogP contribution in [0.15, 0.2) is 18.2 Å². The van der Waals surface area contributed by atoms with Crippen molar-refractivity contribution < 1.29 is 4.79 Å². The maximum absolute atomic E-state index is 12.1. The minimum Gasteiger partial charge on any atom is -0.328 e. The number of amides is 1. The van der Waals surface area contributed by atoms with Crippen LogP contribution in [0.5, 0.6) is 0 Å². The third-order valence-electron chi connectivity index (χ3n) is 4.14. The topological polar surface area (TPSA) is 58.4 Å².